The fourth-order valence-corrected chi connectivity index (χ4v) is 2.21. The third-order valence-electron chi connectivity index (χ3n) is 2.67. The van der Waals surface area contributed by atoms with Crippen molar-refractivity contribution >= 4 is 29.2 Å². The number of hydrogen-bond donors (Lipinski definition) is 2. The number of benzene rings is 1. The third kappa shape index (κ3) is 7.20. The minimum Gasteiger partial charge on any atom is -0.490 e. The van der Waals surface area contributed by atoms with E-state index < -0.39 is 12.1 Å². The van der Waals surface area contributed by atoms with E-state index in [-0.39, 0.29) is 6.10 Å². The SMILES string of the molecule is Clc1cc(Cl)cc(OC2CCNCC2)c1.O=C(O)C(F)(F)F. The van der Waals surface area contributed by atoms with E-state index in [0.717, 1.165) is 31.7 Å². The van der Waals surface area contributed by atoms with Crippen LogP contribution in [-0.2, 0) is 4.79 Å². The smallest absolute Gasteiger partial charge is 0.490 e. The first-order valence-corrected chi connectivity index (χ1v) is 7.07. The van der Waals surface area contributed by atoms with Crippen LogP contribution in [0.3, 0.4) is 0 Å². The molecule has 1 aliphatic rings. The number of nitrogens with one attached hydrogen (secondary N) is 1. The molecule has 0 radical (unpaired) electrons. The zero-order chi connectivity index (χ0) is 16.8. The molecule has 0 spiro atoms. The molecule has 0 aromatic heterocycles. The molecule has 0 unspecified atom stereocenters. The maximum atomic E-state index is 10.6. The zero-order valence-electron chi connectivity index (χ0n) is 11.3. The van der Waals surface area contributed by atoms with Gasteiger partial charge in [-0.15, -0.1) is 0 Å². The van der Waals surface area contributed by atoms with Crippen LogP contribution in [-0.4, -0.2) is 36.4 Å². The first-order valence-electron chi connectivity index (χ1n) is 6.32. The molecule has 124 valence electrons. The van der Waals surface area contributed by atoms with E-state index in [1.54, 1.807) is 18.2 Å². The summed E-state index contributed by atoms with van der Waals surface area (Å²) in [6.45, 7) is 2.03. The van der Waals surface area contributed by atoms with Gasteiger partial charge in [-0.25, -0.2) is 4.79 Å². The molecule has 4 nitrogen and oxygen atoms in total. The highest BCUT2D eigenvalue weighted by Crippen LogP contribution is 2.26. The normalized spacial score (nSPS) is 15.7. The van der Waals surface area contributed by atoms with Gasteiger partial charge < -0.3 is 15.2 Å². The first kappa shape index (κ1) is 18.9. The fourth-order valence-electron chi connectivity index (χ4n) is 1.70. The summed E-state index contributed by atoms with van der Waals surface area (Å²) < 4.78 is 37.5. The van der Waals surface area contributed by atoms with Crippen molar-refractivity contribution in [2.45, 2.75) is 25.1 Å². The fraction of sp³-hybridized carbons (Fsp3) is 0.462. The van der Waals surface area contributed by atoms with Crippen molar-refractivity contribution < 1.29 is 27.8 Å². The van der Waals surface area contributed by atoms with Crippen LogP contribution >= 0.6 is 23.2 Å². The largest absolute Gasteiger partial charge is 0.490 e. The summed E-state index contributed by atoms with van der Waals surface area (Å²) in [7, 11) is 0. The Balaban J connectivity index is 0.000000295. The van der Waals surface area contributed by atoms with Gasteiger partial charge in [-0.1, -0.05) is 23.2 Å². The summed E-state index contributed by atoms with van der Waals surface area (Å²) in [6.07, 6.45) is -2.74. The van der Waals surface area contributed by atoms with Gasteiger partial charge in [0.1, 0.15) is 11.9 Å². The van der Waals surface area contributed by atoms with E-state index in [1.807, 2.05) is 0 Å². The van der Waals surface area contributed by atoms with Gasteiger partial charge in [0.25, 0.3) is 0 Å². The highest BCUT2D eigenvalue weighted by molar-refractivity contribution is 6.34. The molecule has 1 aromatic rings. The van der Waals surface area contributed by atoms with Gasteiger partial charge in [0.2, 0.25) is 0 Å². The van der Waals surface area contributed by atoms with E-state index in [2.05, 4.69) is 5.32 Å². The maximum absolute atomic E-state index is 10.6. The lowest BCUT2D eigenvalue weighted by Crippen LogP contribution is -2.34. The van der Waals surface area contributed by atoms with Crippen molar-refractivity contribution in [1.82, 2.24) is 5.32 Å². The summed E-state index contributed by atoms with van der Waals surface area (Å²) in [6, 6.07) is 5.31. The summed E-state index contributed by atoms with van der Waals surface area (Å²) in [4.78, 5) is 8.90. The lowest BCUT2D eigenvalue weighted by molar-refractivity contribution is -0.192. The lowest BCUT2D eigenvalue weighted by atomic mass is 10.1. The van der Waals surface area contributed by atoms with Gasteiger partial charge in [-0.05, 0) is 44.1 Å². The average molecular weight is 360 g/mol. The molecular weight excluding hydrogens is 346 g/mol. The Bertz CT molecular complexity index is 486. The van der Waals surface area contributed by atoms with Crippen molar-refractivity contribution in [3.8, 4) is 5.75 Å². The lowest BCUT2D eigenvalue weighted by Gasteiger charge is -2.23. The standard InChI is InChI=1S/C11H13Cl2NO.C2HF3O2/c12-8-5-9(13)7-11(6-8)15-10-1-3-14-4-2-10;3-2(4,5)1(6)7/h5-7,10,14H,1-4H2;(H,6,7). The molecule has 0 saturated carbocycles. The number of carbonyl (C=O) groups is 1. The van der Waals surface area contributed by atoms with E-state index in [0.29, 0.717) is 10.0 Å². The number of carboxylic acid groups (broad SMARTS) is 1. The van der Waals surface area contributed by atoms with Crippen LogP contribution < -0.4 is 10.1 Å². The number of piperidine rings is 1. The number of halogens is 5. The molecule has 1 aliphatic heterocycles. The number of rotatable bonds is 2. The van der Waals surface area contributed by atoms with E-state index in [4.69, 9.17) is 37.8 Å². The second-order valence-electron chi connectivity index (χ2n) is 4.48. The Morgan fingerprint density at radius 1 is 1.18 bits per heavy atom. The molecule has 0 atom stereocenters. The molecule has 1 saturated heterocycles. The van der Waals surface area contributed by atoms with Crippen LogP contribution in [0.2, 0.25) is 10.0 Å². The minimum absolute atomic E-state index is 0.279. The molecule has 1 fully saturated rings. The Hall–Kier alpha value is -1.18. The van der Waals surface area contributed by atoms with Crippen molar-refractivity contribution in [1.29, 1.82) is 0 Å². The average Bonchev–Trinajstić information content (AvgIpc) is 2.38. The van der Waals surface area contributed by atoms with Gasteiger partial charge >= 0.3 is 12.1 Å². The number of alkyl halides is 3. The highest BCUT2D eigenvalue weighted by atomic mass is 35.5. The number of aliphatic carboxylic acids is 1. The molecule has 2 rings (SSSR count). The predicted octanol–water partition coefficient (Wildman–Crippen LogP) is 3.76. The molecule has 0 amide bonds. The monoisotopic (exact) mass is 359 g/mol. The second kappa shape index (κ2) is 8.45. The van der Waals surface area contributed by atoms with Crippen LogP contribution in [0.25, 0.3) is 0 Å². The van der Waals surface area contributed by atoms with Crippen molar-refractivity contribution in [3.63, 3.8) is 0 Å². The molecule has 1 aromatic carbocycles. The molecule has 2 N–H and O–H groups in total. The van der Waals surface area contributed by atoms with Gasteiger partial charge in [0.15, 0.2) is 0 Å². The van der Waals surface area contributed by atoms with Crippen LogP contribution in [0.4, 0.5) is 13.2 Å². The van der Waals surface area contributed by atoms with Gasteiger partial charge in [0.05, 0.1) is 0 Å². The molecule has 22 heavy (non-hydrogen) atoms. The van der Waals surface area contributed by atoms with Crippen molar-refractivity contribution in [3.05, 3.63) is 28.2 Å². The Morgan fingerprint density at radius 2 is 1.64 bits per heavy atom. The Morgan fingerprint density at radius 3 is 2.05 bits per heavy atom. The Kier molecular flexibility index (Phi) is 7.25. The summed E-state index contributed by atoms with van der Waals surface area (Å²) in [5, 5.41) is 11.7. The maximum Gasteiger partial charge on any atom is 0.490 e. The van der Waals surface area contributed by atoms with Crippen molar-refractivity contribution in [2.75, 3.05) is 13.1 Å². The Labute approximate surface area is 135 Å². The van der Waals surface area contributed by atoms with E-state index >= 15 is 0 Å². The van der Waals surface area contributed by atoms with Crippen LogP contribution in [0.5, 0.6) is 5.75 Å². The van der Waals surface area contributed by atoms with Crippen molar-refractivity contribution in [2.24, 2.45) is 0 Å². The van der Waals surface area contributed by atoms with Gasteiger partial charge in [-0.2, -0.15) is 13.2 Å². The van der Waals surface area contributed by atoms with E-state index in [9.17, 15) is 13.2 Å². The highest BCUT2D eigenvalue weighted by Gasteiger charge is 2.38. The number of ether oxygens (including phenoxy) is 1. The molecule has 9 heteroatoms. The van der Waals surface area contributed by atoms with Gasteiger partial charge in [-0.3, -0.25) is 0 Å². The quantitative estimate of drug-likeness (QED) is 0.843. The summed E-state index contributed by atoms with van der Waals surface area (Å²) in [5.41, 5.74) is 0. The molecule has 0 aliphatic carbocycles. The predicted molar refractivity (Wildman–Crippen MR) is 76.7 cm³/mol. The number of carboxylic acids is 1. The van der Waals surface area contributed by atoms with Crippen LogP contribution in [0.15, 0.2) is 18.2 Å². The summed E-state index contributed by atoms with van der Waals surface area (Å²) >= 11 is 11.8. The molecular formula is C13H14Cl2F3NO3. The third-order valence-corrected chi connectivity index (χ3v) is 3.10. The summed E-state index contributed by atoms with van der Waals surface area (Å²) in [5.74, 6) is -1.99. The minimum atomic E-state index is -5.08. The number of hydrogen-bond acceptors (Lipinski definition) is 3. The van der Waals surface area contributed by atoms with Gasteiger partial charge in [0, 0.05) is 10.0 Å². The molecule has 1 heterocycles. The van der Waals surface area contributed by atoms with Crippen LogP contribution in [0, 0.1) is 0 Å². The van der Waals surface area contributed by atoms with Crippen LogP contribution in [0.1, 0.15) is 12.8 Å². The zero-order valence-corrected chi connectivity index (χ0v) is 12.8. The molecule has 0 bridgehead atoms. The van der Waals surface area contributed by atoms with E-state index in [1.165, 1.54) is 0 Å². The first-order chi connectivity index (χ1) is 10.2. The topological polar surface area (TPSA) is 58.6 Å². The second-order valence-corrected chi connectivity index (χ2v) is 5.35.